The Hall–Kier alpha value is -2.62. The zero-order valence-corrected chi connectivity index (χ0v) is 19.7. The van der Waals surface area contributed by atoms with Crippen LogP contribution in [0.5, 0.6) is 0 Å². The van der Waals surface area contributed by atoms with Crippen molar-refractivity contribution in [2.75, 3.05) is 0 Å². The molecule has 0 saturated carbocycles. The van der Waals surface area contributed by atoms with Crippen LogP contribution in [-0.2, 0) is 0 Å². The predicted octanol–water partition coefficient (Wildman–Crippen LogP) is 9.47. The normalized spacial score (nSPS) is 11.5. The lowest BCUT2D eigenvalue weighted by Gasteiger charge is -2.09. The summed E-state index contributed by atoms with van der Waals surface area (Å²) in [6, 6.07) is 26.4. The minimum absolute atomic E-state index is 0.542. The number of hydrogen-bond acceptors (Lipinski definition) is 2. The van der Waals surface area contributed by atoms with Gasteiger partial charge in [-0.2, -0.15) is 0 Å². The van der Waals surface area contributed by atoms with Gasteiger partial charge in [-0.3, -0.25) is 9.98 Å². The third kappa shape index (κ3) is 5.06. The summed E-state index contributed by atoms with van der Waals surface area (Å²) in [5.41, 5.74) is 4.72. The maximum atomic E-state index is 6.29. The van der Waals surface area contributed by atoms with E-state index in [1.165, 1.54) is 0 Å². The summed E-state index contributed by atoms with van der Waals surface area (Å²) in [6.07, 6.45) is 3.36. The number of aliphatic imine (C=N–C) groups is 2. The third-order valence-electron chi connectivity index (χ3n) is 4.76. The van der Waals surface area contributed by atoms with Gasteiger partial charge in [-0.05, 0) is 36.4 Å². The zero-order valence-electron chi connectivity index (χ0n) is 16.6. The van der Waals surface area contributed by atoms with Gasteiger partial charge < -0.3 is 0 Å². The summed E-state index contributed by atoms with van der Waals surface area (Å²) in [5.74, 6) is 0. The lowest BCUT2D eigenvalue weighted by atomic mass is 10.0. The van der Waals surface area contributed by atoms with Crippen LogP contribution in [0.4, 0.5) is 11.4 Å². The molecule has 0 aliphatic carbocycles. The Kier molecular flexibility index (Phi) is 7.29. The molecule has 0 saturated heterocycles. The van der Waals surface area contributed by atoms with Crippen LogP contribution in [0, 0.1) is 0 Å². The van der Waals surface area contributed by atoms with Crippen LogP contribution >= 0.6 is 46.4 Å². The summed E-state index contributed by atoms with van der Waals surface area (Å²) in [4.78, 5) is 9.35. The van der Waals surface area contributed by atoms with Crippen LogP contribution in [0.25, 0.3) is 11.1 Å². The van der Waals surface area contributed by atoms with Crippen molar-refractivity contribution in [1.29, 1.82) is 0 Å². The maximum Gasteiger partial charge on any atom is 0.0709 e. The summed E-state index contributed by atoms with van der Waals surface area (Å²) in [7, 11) is 0. The van der Waals surface area contributed by atoms with Gasteiger partial charge in [0.2, 0.25) is 0 Å². The van der Waals surface area contributed by atoms with Crippen molar-refractivity contribution in [2.45, 2.75) is 0 Å². The van der Waals surface area contributed by atoms with E-state index in [2.05, 4.69) is 9.98 Å². The standard InChI is InChI=1S/C26H16Cl4N2/c27-21-9-5-10-22(28)19(21)15-31-25-13-3-1-7-17(25)18-8-2-4-14-26(18)32-16-20-23(29)11-6-12-24(20)30/h1-16H. The van der Waals surface area contributed by atoms with E-state index >= 15 is 0 Å². The van der Waals surface area contributed by atoms with Crippen molar-refractivity contribution < 1.29 is 0 Å². The minimum Gasteiger partial charge on any atom is -0.256 e. The Balaban J connectivity index is 1.75. The van der Waals surface area contributed by atoms with Gasteiger partial charge in [-0.25, -0.2) is 0 Å². The van der Waals surface area contributed by atoms with Crippen LogP contribution in [0.3, 0.4) is 0 Å². The minimum atomic E-state index is 0.542. The van der Waals surface area contributed by atoms with Crippen LogP contribution < -0.4 is 0 Å². The van der Waals surface area contributed by atoms with Crippen LogP contribution in [0.1, 0.15) is 11.1 Å². The predicted molar refractivity (Wildman–Crippen MR) is 139 cm³/mol. The first-order valence-electron chi connectivity index (χ1n) is 9.69. The quantitative estimate of drug-likeness (QED) is 0.245. The van der Waals surface area contributed by atoms with E-state index < -0.39 is 0 Å². The maximum absolute atomic E-state index is 6.29. The molecule has 2 nitrogen and oxygen atoms in total. The summed E-state index contributed by atoms with van der Waals surface area (Å²) < 4.78 is 0. The van der Waals surface area contributed by atoms with E-state index in [4.69, 9.17) is 46.4 Å². The number of para-hydroxylation sites is 2. The van der Waals surface area contributed by atoms with Crippen molar-refractivity contribution in [2.24, 2.45) is 9.98 Å². The molecule has 0 amide bonds. The molecule has 0 unspecified atom stereocenters. The first-order chi connectivity index (χ1) is 15.5. The van der Waals surface area contributed by atoms with Crippen molar-refractivity contribution >= 4 is 70.2 Å². The Morgan fingerprint density at radius 3 is 1.16 bits per heavy atom. The molecule has 4 aromatic rings. The van der Waals surface area contributed by atoms with Crippen LogP contribution in [0.15, 0.2) is 94.9 Å². The third-order valence-corrected chi connectivity index (χ3v) is 6.08. The number of nitrogens with zero attached hydrogens (tertiary/aromatic N) is 2. The summed E-state index contributed by atoms with van der Waals surface area (Å²) in [6.45, 7) is 0. The van der Waals surface area contributed by atoms with E-state index in [9.17, 15) is 0 Å². The smallest absolute Gasteiger partial charge is 0.0709 e. The Labute approximate surface area is 206 Å². The summed E-state index contributed by atoms with van der Waals surface area (Å²) >= 11 is 25.1. The Morgan fingerprint density at radius 1 is 0.438 bits per heavy atom. The molecule has 4 rings (SSSR count). The highest BCUT2D eigenvalue weighted by Crippen LogP contribution is 2.37. The number of benzene rings is 4. The fourth-order valence-corrected chi connectivity index (χ4v) is 4.15. The first kappa shape index (κ1) is 22.6. The molecular formula is C26H16Cl4N2. The van der Waals surface area contributed by atoms with Gasteiger partial charge in [-0.1, -0.05) is 94.9 Å². The van der Waals surface area contributed by atoms with Gasteiger partial charge in [0.05, 0.1) is 31.5 Å². The topological polar surface area (TPSA) is 24.7 Å². The van der Waals surface area contributed by atoms with Crippen molar-refractivity contribution in [3.63, 3.8) is 0 Å². The van der Waals surface area contributed by atoms with Gasteiger partial charge in [0.25, 0.3) is 0 Å². The average Bonchev–Trinajstić information content (AvgIpc) is 2.79. The molecule has 4 aromatic carbocycles. The number of hydrogen-bond donors (Lipinski definition) is 0. The first-order valence-corrected chi connectivity index (χ1v) is 11.2. The lowest BCUT2D eigenvalue weighted by molar-refractivity contribution is 1.47. The highest BCUT2D eigenvalue weighted by Gasteiger charge is 2.10. The van der Waals surface area contributed by atoms with E-state index in [0.29, 0.717) is 31.2 Å². The highest BCUT2D eigenvalue weighted by molar-refractivity contribution is 6.39. The van der Waals surface area contributed by atoms with Gasteiger partial charge in [0, 0.05) is 34.7 Å². The molecule has 0 aliphatic heterocycles. The van der Waals surface area contributed by atoms with E-state index in [-0.39, 0.29) is 0 Å². The van der Waals surface area contributed by atoms with Gasteiger partial charge in [0.15, 0.2) is 0 Å². The van der Waals surface area contributed by atoms with Crippen molar-refractivity contribution in [1.82, 2.24) is 0 Å². The SMILES string of the molecule is Clc1cccc(Cl)c1C=Nc1ccccc1-c1ccccc1N=Cc1c(Cl)cccc1Cl. The van der Waals surface area contributed by atoms with E-state index in [1.807, 2.05) is 48.5 Å². The van der Waals surface area contributed by atoms with Gasteiger partial charge in [-0.15, -0.1) is 0 Å². The van der Waals surface area contributed by atoms with E-state index in [1.54, 1.807) is 48.8 Å². The largest absolute Gasteiger partial charge is 0.256 e. The molecule has 32 heavy (non-hydrogen) atoms. The van der Waals surface area contributed by atoms with Crippen molar-refractivity contribution in [3.05, 3.63) is 116 Å². The molecule has 0 atom stereocenters. The fraction of sp³-hybridized carbons (Fsp3) is 0. The highest BCUT2D eigenvalue weighted by atomic mass is 35.5. The molecule has 0 aromatic heterocycles. The molecule has 0 N–H and O–H groups in total. The van der Waals surface area contributed by atoms with E-state index in [0.717, 1.165) is 22.5 Å². The second-order valence-corrected chi connectivity index (χ2v) is 8.45. The molecule has 0 aliphatic rings. The van der Waals surface area contributed by atoms with Crippen LogP contribution in [-0.4, -0.2) is 12.4 Å². The molecule has 0 bridgehead atoms. The fourth-order valence-electron chi connectivity index (χ4n) is 3.16. The summed E-state index contributed by atoms with van der Waals surface area (Å²) in [5, 5.41) is 2.17. The lowest BCUT2D eigenvalue weighted by Crippen LogP contribution is -1.87. The molecule has 6 heteroatoms. The second kappa shape index (κ2) is 10.3. The van der Waals surface area contributed by atoms with Crippen molar-refractivity contribution in [3.8, 4) is 11.1 Å². The zero-order chi connectivity index (χ0) is 22.5. The Morgan fingerprint density at radius 2 is 0.781 bits per heavy atom. The van der Waals surface area contributed by atoms with Gasteiger partial charge >= 0.3 is 0 Å². The number of halogens is 4. The monoisotopic (exact) mass is 496 g/mol. The molecule has 158 valence electrons. The Bertz CT molecular complexity index is 1190. The molecule has 0 fully saturated rings. The molecule has 0 spiro atoms. The molecule has 0 heterocycles. The second-order valence-electron chi connectivity index (χ2n) is 6.82. The van der Waals surface area contributed by atoms with Crippen LogP contribution in [0.2, 0.25) is 20.1 Å². The number of rotatable bonds is 5. The molecule has 0 radical (unpaired) electrons. The average molecular weight is 498 g/mol. The molecular weight excluding hydrogens is 482 g/mol. The van der Waals surface area contributed by atoms with Gasteiger partial charge in [0.1, 0.15) is 0 Å².